The SMILES string of the molecule is CC1CCN(C(=O)c2ccc(OCCCN(C)C)cc2)CC1. The molecule has 2 rings (SSSR count). The summed E-state index contributed by atoms with van der Waals surface area (Å²) >= 11 is 0. The topological polar surface area (TPSA) is 32.8 Å². The number of rotatable bonds is 6. The zero-order chi connectivity index (χ0) is 15.9. The fourth-order valence-corrected chi connectivity index (χ4v) is 2.66. The number of carbonyl (C=O) groups excluding carboxylic acids is 1. The Bertz CT molecular complexity index is 462. The van der Waals surface area contributed by atoms with Gasteiger partial charge in [-0.15, -0.1) is 0 Å². The van der Waals surface area contributed by atoms with E-state index in [4.69, 9.17) is 4.74 Å². The molecule has 1 saturated heterocycles. The largest absolute Gasteiger partial charge is 0.494 e. The standard InChI is InChI=1S/C18H28N2O2/c1-15-9-12-20(13-10-15)18(21)16-5-7-17(8-6-16)22-14-4-11-19(2)3/h5-8,15H,4,9-14H2,1-3H3. The molecular weight excluding hydrogens is 276 g/mol. The van der Waals surface area contributed by atoms with E-state index in [0.717, 1.165) is 56.1 Å². The maximum atomic E-state index is 12.4. The number of hydrogen-bond donors (Lipinski definition) is 0. The summed E-state index contributed by atoms with van der Waals surface area (Å²) in [5.41, 5.74) is 0.759. The molecule has 1 fully saturated rings. The molecule has 0 radical (unpaired) electrons. The van der Waals surface area contributed by atoms with Crippen LogP contribution in [0, 0.1) is 5.92 Å². The van der Waals surface area contributed by atoms with Crippen molar-refractivity contribution in [1.29, 1.82) is 0 Å². The fourth-order valence-electron chi connectivity index (χ4n) is 2.66. The van der Waals surface area contributed by atoms with Crippen LogP contribution < -0.4 is 4.74 Å². The molecule has 0 aliphatic carbocycles. The first-order valence-electron chi connectivity index (χ1n) is 8.23. The maximum absolute atomic E-state index is 12.4. The first-order chi connectivity index (χ1) is 10.6. The Kier molecular flexibility index (Phi) is 6.25. The second kappa shape index (κ2) is 8.18. The number of benzene rings is 1. The van der Waals surface area contributed by atoms with Gasteiger partial charge < -0.3 is 14.5 Å². The van der Waals surface area contributed by atoms with Crippen molar-refractivity contribution in [3.63, 3.8) is 0 Å². The Morgan fingerprint density at radius 3 is 2.45 bits per heavy atom. The van der Waals surface area contributed by atoms with Crippen LogP contribution in [0.5, 0.6) is 5.75 Å². The van der Waals surface area contributed by atoms with Crippen molar-refractivity contribution >= 4 is 5.91 Å². The van der Waals surface area contributed by atoms with E-state index in [2.05, 4.69) is 25.9 Å². The number of carbonyl (C=O) groups is 1. The molecule has 0 atom stereocenters. The van der Waals surface area contributed by atoms with Crippen LogP contribution in [0.2, 0.25) is 0 Å². The number of hydrogen-bond acceptors (Lipinski definition) is 3. The summed E-state index contributed by atoms with van der Waals surface area (Å²) in [7, 11) is 4.11. The minimum absolute atomic E-state index is 0.144. The fraction of sp³-hybridized carbons (Fsp3) is 0.611. The van der Waals surface area contributed by atoms with Crippen LogP contribution in [0.15, 0.2) is 24.3 Å². The molecule has 0 saturated carbocycles. The van der Waals surface area contributed by atoms with Gasteiger partial charge in [-0.1, -0.05) is 6.92 Å². The Balaban J connectivity index is 1.82. The smallest absolute Gasteiger partial charge is 0.253 e. The lowest BCUT2D eigenvalue weighted by Gasteiger charge is -2.30. The van der Waals surface area contributed by atoms with Crippen LogP contribution in [0.1, 0.15) is 36.5 Å². The van der Waals surface area contributed by atoms with Crippen molar-refractivity contribution < 1.29 is 9.53 Å². The highest BCUT2D eigenvalue weighted by molar-refractivity contribution is 5.94. The third kappa shape index (κ3) is 5.02. The molecule has 1 heterocycles. The zero-order valence-electron chi connectivity index (χ0n) is 14.0. The molecule has 22 heavy (non-hydrogen) atoms. The highest BCUT2D eigenvalue weighted by atomic mass is 16.5. The first-order valence-corrected chi connectivity index (χ1v) is 8.23. The molecule has 0 aromatic heterocycles. The molecule has 1 aliphatic heterocycles. The molecule has 1 aromatic rings. The second-order valence-electron chi connectivity index (χ2n) is 6.50. The van der Waals surface area contributed by atoms with Crippen LogP contribution in [0.4, 0.5) is 0 Å². The average molecular weight is 304 g/mol. The van der Waals surface area contributed by atoms with E-state index >= 15 is 0 Å². The summed E-state index contributed by atoms with van der Waals surface area (Å²) in [6.07, 6.45) is 3.22. The molecule has 1 aromatic carbocycles. The Morgan fingerprint density at radius 2 is 1.86 bits per heavy atom. The zero-order valence-corrected chi connectivity index (χ0v) is 14.0. The van der Waals surface area contributed by atoms with E-state index in [9.17, 15) is 4.79 Å². The lowest BCUT2D eigenvalue weighted by atomic mass is 9.98. The molecule has 1 amide bonds. The number of piperidine rings is 1. The molecule has 0 bridgehead atoms. The second-order valence-corrected chi connectivity index (χ2v) is 6.50. The van der Waals surface area contributed by atoms with Crippen LogP contribution in [0.3, 0.4) is 0 Å². The van der Waals surface area contributed by atoms with E-state index in [1.807, 2.05) is 29.2 Å². The van der Waals surface area contributed by atoms with E-state index in [-0.39, 0.29) is 5.91 Å². The third-order valence-corrected chi connectivity index (χ3v) is 4.19. The third-order valence-electron chi connectivity index (χ3n) is 4.19. The Morgan fingerprint density at radius 1 is 1.23 bits per heavy atom. The van der Waals surface area contributed by atoms with Crippen molar-refractivity contribution in [1.82, 2.24) is 9.80 Å². The van der Waals surface area contributed by atoms with E-state index in [1.165, 1.54) is 0 Å². The van der Waals surface area contributed by atoms with Gasteiger partial charge in [0.2, 0.25) is 0 Å². The highest BCUT2D eigenvalue weighted by Crippen LogP contribution is 2.19. The van der Waals surface area contributed by atoms with Gasteiger partial charge in [-0.05, 0) is 63.5 Å². The lowest BCUT2D eigenvalue weighted by molar-refractivity contribution is 0.0697. The highest BCUT2D eigenvalue weighted by Gasteiger charge is 2.21. The van der Waals surface area contributed by atoms with Crippen LogP contribution in [0.25, 0.3) is 0 Å². The Labute approximate surface area is 134 Å². The predicted octanol–water partition coefficient (Wildman–Crippen LogP) is 2.89. The molecule has 4 heteroatoms. The summed E-state index contributed by atoms with van der Waals surface area (Å²) < 4.78 is 5.70. The van der Waals surface area contributed by atoms with Crippen molar-refractivity contribution in [2.24, 2.45) is 5.92 Å². The van der Waals surface area contributed by atoms with Gasteiger partial charge in [-0.25, -0.2) is 0 Å². The van der Waals surface area contributed by atoms with Crippen molar-refractivity contribution in [2.75, 3.05) is 40.3 Å². The van der Waals surface area contributed by atoms with Crippen molar-refractivity contribution in [3.05, 3.63) is 29.8 Å². The number of nitrogens with zero attached hydrogens (tertiary/aromatic N) is 2. The monoisotopic (exact) mass is 304 g/mol. The first kappa shape index (κ1) is 16.8. The molecular formula is C18H28N2O2. The van der Waals surface area contributed by atoms with Crippen LogP contribution >= 0.6 is 0 Å². The maximum Gasteiger partial charge on any atom is 0.253 e. The van der Waals surface area contributed by atoms with Crippen molar-refractivity contribution in [3.8, 4) is 5.75 Å². The number of ether oxygens (including phenoxy) is 1. The summed E-state index contributed by atoms with van der Waals surface area (Å²) in [5.74, 6) is 1.72. The molecule has 0 unspecified atom stereocenters. The van der Waals surface area contributed by atoms with Crippen LogP contribution in [-0.4, -0.2) is 56.0 Å². The van der Waals surface area contributed by atoms with Crippen LogP contribution in [-0.2, 0) is 0 Å². The molecule has 0 spiro atoms. The molecule has 0 N–H and O–H groups in total. The molecule has 122 valence electrons. The predicted molar refractivity (Wildman–Crippen MR) is 89.4 cm³/mol. The van der Waals surface area contributed by atoms with E-state index < -0.39 is 0 Å². The Hall–Kier alpha value is -1.55. The molecule has 1 aliphatic rings. The van der Waals surface area contributed by atoms with Gasteiger partial charge in [0, 0.05) is 25.2 Å². The molecule has 4 nitrogen and oxygen atoms in total. The van der Waals surface area contributed by atoms with Gasteiger partial charge >= 0.3 is 0 Å². The number of amides is 1. The summed E-state index contributed by atoms with van der Waals surface area (Å²) in [4.78, 5) is 16.5. The minimum atomic E-state index is 0.144. The summed E-state index contributed by atoms with van der Waals surface area (Å²) in [5, 5.41) is 0. The normalized spacial score (nSPS) is 16.1. The van der Waals surface area contributed by atoms with Gasteiger partial charge in [0.25, 0.3) is 5.91 Å². The lowest BCUT2D eigenvalue weighted by Crippen LogP contribution is -2.37. The quantitative estimate of drug-likeness (QED) is 0.758. The van der Waals surface area contributed by atoms with E-state index in [0.29, 0.717) is 6.61 Å². The summed E-state index contributed by atoms with van der Waals surface area (Å²) in [6, 6.07) is 7.55. The van der Waals surface area contributed by atoms with Gasteiger partial charge in [0.15, 0.2) is 0 Å². The van der Waals surface area contributed by atoms with Gasteiger partial charge in [0.1, 0.15) is 5.75 Å². The van der Waals surface area contributed by atoms with Gasteiger partial charge in [-0.2, -0.15) is 0 Å². The van der Waals surface area contributed by atoms with Gasteiger partial charge in [-0.3, -0.25) is 4.79 Å². The van der Waals surface area contributed by atoms with E-state index in [1.54, 1.807) is 0 Å². The number of likely N-dealkylation sites (tertiary alicyclic amines) is 1. The average Bonchev–Trinajstić information content (AvgIpc) is 2.52. The summed E-state index contributed by atoms with van der Waals surface area (Å²) in [6.45, 7) is 5.73. The van der Waals surface area contributed by atoms with Gasteiger partial charge in [0.05, 0.1) is 6.61 Å². The van der Waals surface area contributed by atoms with Crippen molar-refractivity contribution in [2.45, 2.75) is 26.2 Å². The minimum Gasteiger partial charge on any atom is -0.494 e.